The number of hydrogen-bond donors (Lipinski definition) is 0. The Labute approximate surface area is 159 Å². The van der Waals surface area contributed by atoms with E-state index in [0.29, 0.717) is 0 Å². The number of benzene rings is 1. The zero-order chi connectivity index (χ0) is 22.5. The second kappa shape index (κ2) is 10.5. The van der Waals surface area contributed by atoms with E-state index in [1.807, 2.05) is 0 Å². The molecule has 5 nitrogen and oxygen atoms in total. The predicted molar refractivity (Wildman–Crippen MR) is 85.0 cm³/mol. The van der Waals surface area contributed by atoms with Crippen molar-refractivity contribution < 1.29 is 49.4 Å². The summed E-state index contributed by atoms with van der Waals surface area (Å²) in [5.74, 6) is -11.5. The molecule has 1 amide bonds. The molecule has 0 aromatic heterocycles. The number of amides is 1. The molecule has 0 bridgehead atoms. The third-order valence-electron chi connectivity index (χ3n) is 3.66. The van der Waals surface area contributed by atoms with Gasteiger partial charge in [-0.1, -0.05) is 0 Å². The number of halogens is 8. The van der Waals surface area contributed by atoms with Gasteiger partial charge < -0.3 is 9.47 Å². The van der Waals surface area contributed by atoms with E-state index < -0.39 is 71.9 Å². The molecule has 1 heterocycles. The number of carbonyl (C=O) groups is 1. The largest absolute Gasteiger partial charge is 0.388 e. The molecule has 0 spiro atoms. The van der Waals surface area contributed by atoms with Crippen molar-refractivity contribution in [2.75, 3.05) is 26.3 Å². The van der Waals surface area contributed by atoms with Crippen LogP contribution in [0.25, 0.3) is 0 Å². The van der Waals surface area contributed by atoms with Gasteiger partial charge >= 0.3 is 0 Å². The number of hydrazone groups is 1. The van der Waals surface area contributed by atoms with E-state index >= 15 is 0 Å². The number of nitrogens with zero attached hydrogens (tertiary/aromatic N) is 2. The maximum absolute atomic E-state index is 13.8. The van der Waals surface area contributed by atoms with Gasteiger partial charge in [0.05, 0.1) is 5.92 Å². The molecule has 1 aromatic rings. The first kappa shape index (κ1) is 24.8. The average molecular weight is 436 g/mol. The van der Waals surface area contributed by atoms with Gasteiger partial charge in [0.2, 0.25) is 0 Å². The van der Waals surface area contributed by atoms with Gasteiger partial charge in [0.15, 0.2) is 23.3 Å². The van der Waals surface area contributed by atoms with E-state index in [2.05, 4.69) is 14.6 Å². The zero-order valence-electron chi connectivity index (χ0n) is 15.2. The second-order valence-electron chi connectivity index (χ2n) is 5.60. The molecule has 0 aliphatic carbocycles. The minimum Gasteiger partial charge on any atom is -0.388 e. The first-order chi connectivity index (χ1) is 13.5. The molecule has 0 saturated heterocycles. The van der Waals surface area contributed by atoms with Crippen LogP contribution in [0.5, 0.6) is 0 Å². The first-order valence-corrected chi connectivity index (χ1v) is 7.76. The summed E-state index contributed by atoms with van der Waals surface area (Å²) in [5, 5.41) is 2.72. The SMILES string of the molecule is COC.COC(CC1C(=O)N(c2c(F)c(F)cc(F)c2F)N=C1C(F)F)C(F)F. The Morgan fingerprint density at radius 1 is 1.03 bits per heavy atom. The molecule has 1 aromatic carbocycles. The number of carbonyl (C=O) groups excluding carboxylic acids is 1. The molecule has 1 aliphatic heterocycles. The van der Waals surface area contributed by atoms with E-state index in [-0.39, 0.29) is 11.1 Å². The number of hydrogen-bond acceptors (Lipinski definition) is 4. The van der Waals surface area contributed by atoms with E-state index in [1.165, 1.54) is 0 Å². The van der Waals surface area contributed by atoms with E-state index in [0.717, 1.165) is 7.11 Å². The number of rotatable bonds is 6. The van der Waals surface area contributed by atoms with Gasteiger partial charge in [-0.05, 0) is 6.42 Å². The van der Waals surface area contributed by atoms with Crippen molar-refractivity contribution in [3.05, 3.63) is 29.3 Å². The summed E-state index contributed by atoms with van der Waals surface area (Å²) in [5.41, 5.74) is -2.93. The Bertz CT molecular complexity index is 734. The van der Waals surface area contributed by atoms with Crippen molar-refractivity contribution in [3.8, 4) is 0 Å². The van der Waals surface area contributed by atoms with E-state index in [4.69, 9.17) is 0 Å². The molecule has 1 aliphatic rings. The lowest BCUT2D eigenvalue weighted by Gasteiger charge is -2.20. The lowest BCUT2D eigenvalue weighted by atomic mass is 9.96. The summed E-state index contributed by atoms with van der Waals surface area (Å²) < 4.78 is 115. The first-order valence-electron chi connectivity index (χ1n) is 7.76. The van der Waals surface area contributed by atoms with Gasteiger partial charge in [-0.15, -0.1) is 0 Å². The zero-order valence-corrected chi connectivity index (χ0v) is 15.2. The maximum Gasteiger partial charge on any atom is 0.279 e. The number of anilines is 1. The van der Waals surface area contributed by atoms with Gasteiger partial charge in [-0.2, -0.15) is 10.1 Å². The fourth-order valence-corrected chi connectivity index (χ4v) is 2.37. The molecule has 0 radical (unpaired) electrons. The van der Waals surface area contributed by atoms with Crippen LogP contribution in [0.1, 0.15) is 6.42 Å². The number of ether oxygens (including phenoxy) is 2. The van der Waals surface area contributed by atoms with Crippen molar-refractivity contribution in [1.82, 2.24) is 0 Å². The van der Waals surface area contributed by atoms with Crippen LogP contribution in [-0.2, 0) is 14.3 Å². The molecule has 2 atom stereocenters. The maximum atomic E-state index is 13.8. The molecule has 29 heavy (non-hydrogen) atoms. The lowest BCUT2D eigenvalue weighted by Crippen LogP contribution is -2.35. The summed E-state index contributed by atoms with van der Waals surface area (Å²) in [6.45, 7) is 0. The van der Waals surface area contributed by atoms with Gasteiger partial charge in [-0.3, -0.25) is 4.79 Å². The monoisotopic (exact) mass is 436 g/mol. The van der Waals surface area contributed by atoms with Crippen LogP contribution in [0.15, 0.2) is 11.2 Å². The van der Waals surface area contributed by atoms with Crippen molar-refractivity contribution in [2.45, 2.75) is 25.4 Å². The number of alkyl halides is 4. The normalized spacial score (nSPS) is 17.6. The summed E-state index contributed by atoms with van der Waals surface area (Å²) in [4.78, 5) is 12.2. The standard InChI is InChI=1S/C14H10F8N2O2.C2H6O/c1-26-7(12(19)20)2-4-10(13(21)22)23-24(14(4)25)11-8(17)5(15)3-6(16)9(11)18;1-3-2/h3-4,7,12-13H,2H2,1H3;1-2H3. The van der Waals surface area contributed by atoms with Crippen LogP contribution in [0.2, 0.25) is 0 Å². The third kappa shape index (κ3) is 5.41. The minimum absolute atomic E-state index is 0.151. The molecule has 13 heteroatoms. The van der Waals surface area contributed by atoms with Crippen molar-refractivity contribution in [1.29, 1.82) is 0 Å². The van der Waals surface area contributed by atoms with Gasteiger partial charge in [-0.25, -0.2) is 35.1 Å². The fraction of sp³-hybridized carbons (Fsp3) is 0.500. The minimum atomic E-state index is -3.45. The quantitative estimate of drug-likeness (QED) is 0.504. The molecule has 0 fully saturated rings. The molecule has 0 saturated carbocycles. The van der Waals surface area contributed by atoms with Crippen LogP contribution < -0.4 is 5.01 Å². The highest BCUT2D eigenvalue weighted by Gasteiger charge is 2.45. The topological polar surface area (TPSA) is 51.1 Å². The predicted octanol–water partition coefficient (Wildman–Crippen LogP) is 3.76. The molecule has 2 rings (SSSR count). The van der Waals surface area contributed by atoms with Crippen molar-refractivity contribution in [2.24, 2.45) is 11.0 Å². The summed E-state index contributed by atoms with van der Waals surface area (Å²) in [6, 6.07) is -0.151. The Morgan fingerprint density at radius 2 is 1.52 bits per heavy atom. The summed E-state index contributed by atoms with van der Waals surface area (Å²) >= 11 is 0. The highest BCUT2D eigenvalue weighted by Crippen LogP contribution is 2.35. The van der Waals surface area contributed by atoms with Crippen LogP contribution in [0.3, 0.4) is 0 Å². The molecule has 2 unspecified atom stereocenters. The highest BCUT2D eigenvalue weighted by atomic mass is 19.3. The van der Waals surface area contributed by atoms with Crippen LogP contribution in [0, 0.1) is 29.2 Å². The van der Waals surface area contributed by atoms with E-state index in [1.54, 1.807) is 14.2 Å². The molecule has 164 valence electrons. The van der Waals surface area contributed by atoms with Crippen molar-refractivity contribution in [3.63, 3.8) is 0 Å². The Morgan fingerprint density at radius 3 is 1.90 bits per heavy atom. The van der Waals surface area contributed by atoms with Gasteiger partial charge in [0.25, 0.3) is 18.8 Å². The van der Waals surface area contributed by atoms with Crippen LogP contribution in [0.4, 0.5) is 40.8 Å². The van der Waals surface area contributed by atoms with Crippen molar-refractivity contribution >= 4 is 17.3 Å². The second-order valence-corrected chi connectivity index (χ2v) is 5.60. The van der Waals surface area contributed by atoms with Gasteiger partial charge in [0, 0.05) is 27.4 Å². The van der Waals surface area contributed by atoms with E-state index in [9.17, 15) is 39.9 Å². The highest BCUT2D eigenvalue weighted by molar-refractivity contribution is 6.16. The van der Waals surface area contributed by atoms with Crippen LogP contribution in [-0.4, -0.2) is 51.9 Å². The molecular weight excluding hydrogens is 420 g/mol. The lowest BCUT2D eigenvalue weighted by molar-refractivity contribution is -0.121. The fourth-order valence-electron chi connectivity index (χ4n) is 2.37. The smallest absolute Gasteiger partial charge is 0.279 e. The van der Waals surface area contributed by atoms with Gasteiger partial charge in [0.1, 0.15) is 17.5 Å². The average Bonchev–Trinajstić information content (AvgIpc) is 2.95. The third-order valence-corrected chi connectivity index (χ3v) is 3.66. The summed E-state index contributed by atoms with van der Waals surface area (Å²) in [7, 11) is 4.09. The van der Waals surface area contributed by atoms with Crippen LogP contribution >= 0.6 is 0 Å². The Kier molecular flexibility index (Phi) is 8.95. The molecule has 0 N–H and O–H groups in total. The molecular formula is C16H16F8N2O3. The Hall–Kier alpha value is -2.28. The Balaban J connectivity index is 0.00000132. The number of methoxy groups -OCH3 is 2. The summed E-state index contributed by atoms with van der Waals surface area (Å²) in [6.07, 6.45) is -9.53.